The molecule has 112 valence electrons. The van der Waals surface area contributed by atoms with Gasteiger partial charge < -0.3 is 10.6 Å². The van der Waals surface area contributed by atoms with Gasteiger partial charge in [0.05, 0.1) is 0 Å². The van der Waals surface area contributed by atoms with Gasteiger partial charge in [0.15, 0.2) is 0 Å². The lowest BCUT2D eigenvalue weighted by atomic mass is 10.1. The van der Waals surface area contributed by atoms with Crippen LogP contribution in [-0.2, 0) is 10.8 Å². The van der Waals surface area contributed by atoms with E-state index in [0.717, 1.165) is 24.2 Å². The molecule has 1 aromatic carbocycles. The fraction of sp³-hybridized carbons (Fsp3) is 0.533. The summed E-state index contributed by atoms with van der Waals surface area (Å²) in [7, 11) is -0.836. The van der Waals surface area contributed by atoms with Gasteiger partial charge in [-0.25, -0.2) is 0 Å². The van der Waals surface area contributed by atoms with E-state index in [1.807, 2.05) is 32.0 Å². The van der Waals surface area contributed by atoms with Gasteiger partial charge in [0, 0.05) is 46.6 Å². The molecule has 0 aliphatic rings. The van der Waals surface area contributed by atoms with Crippen LogP contribution in [-0.4, -0.2) is 34.7 Å². The van der Waals surface area contributed by atoms with E-state index in [1.54, 1.807) is 0 Å². The Balaban J connectivity index is 2.56. The molecular formula is C15H24N2O2S. The molecule has 2 N–H and O–H groups in total. The molecule has 0 aliphatic carbocycles. The minimum Gasteiger partial charge on any atom is -0.385 e. The summed E-state index contributed by atoms with van der Waals surface area (Å²) in [4.78, 5) is 12.0. The van der Waals surface area contributed by atoms with E-state index >= 15 is 0 Å². The lowest BCUT2D eigenvalue weighted by molar-refractivity contribution is 0.0956. The van der Waals surface area contributed by atoms with Crippen molar-refractivity contribution in [2.24, 2.45) is 0 Å². The summed E-state index contributed by atoms with van der Waals surface area (Å²) in [5.41, 5.74) is 2.77. The summed E-state index contributed by atoms with van der Waals surface area (Å²) in [6, 6.07) is 5.63. The first-order valence-corrected chi connectivity index (χ1v) is 8.55. The molecule has 0 saturated carbocycles. The Kier molecular flexibility index (Phi) is 7.30. The molecule has 0 heterocycles. The largest absolute Gasteiger partial charge is 0.385 e. The van der Waals surface area contributed by atoms with Gasteiger partial charge in [-0.05, 0) is 37.1 Å². The Morgan fingerprint density at radius 1 is 1.25 bits per heavy atom. The van der Waals surface area contributed by atoms with Crippen LogP contribution in [0.25, 0.3) is 0 Å². The van der Waals surface area contributed by atoms with E-state index in [2.05, 4.69) is 17.6 Å². The fourth-order valence-electron chi connectivity index (χ4n) is 1.79. The van der Waals surface area contributed by atoms with Gasteiger partial charge in [0.1, 0.15) is 0 Å². The van der Waals surface area contributed by atoms with Crippen molar-refractivity contribution < 1.29 is 9.00 Å². The molecule has 1 aromatic rings. The molecule has 1 unspecified atom stereocenters. The molecule has 1 rings (SSSR count). The van der Waals surface area contributed by atoms with Crippen LogP contribution in [0.15, 0.2) is 18.2 Å². The van der Waals surface area contributed by atoms with E-state index in [4.69, 9.17) is 0 Å². The van der Waals surface area contributed by atoms with Crippen molar-refractivity contribution in [1.29, 1.82) is 0 Å². The number of nitrogens with one attached hydrogen (secondary N) is 2. The maximum absolute atomic E-state index is 12.0. The smallest absolute Gasteiger partial charge is 0.251 e. The average molecular weight is 296 g/mol. The van der Waals surface area contributed by atoms with Crippen molar-refractivity contribution in [3.05, 3.63) is 29.3 Å². The maximum atomic E-state index is 12.0. The highest BCUT2D eigenvalue weighted by Crippen LogP contribution is 2.16. The van der Waals surface area contributed by atoms with Crippen LogP contribution in [0.3, 0.4) is 0 Å². The zero-order valence-electron chi connectivity index (χ0n) is 12.5. The molecule has 1 amide bonds. The van der Waals surface area contributed by atoms with Crippen LogP contribution < -0.4 is 10.6 Å². The number of rotatable bonds is 8. The molecule has 5 heteroatoms. The number of anilines is 1. The van der Waals surface area contributed by atoms with Crippen LogP contribution in [0.4, 0.5) is 5.69 Å². The Labute approximate surface area is 123 Å². The fourth-order valence-corrected chi connectivity index (χ4v) is 2.41. The molecule has 0 radical (unpaired) electrons. The predicted octanol–water partition coefficient (Wildman–Crippen LogP) is 2.32. The maximum Gasteiger partial charge on any atom is 0.251 e. The number of amides is 1. The third-order valence-electron chi connectivity index (χ3n) is 2.99. The quantitative estimate of drug-likeness (QED) is 0.774. The second kappa shape index (κ2) is 8.74. The van der Waals surface area contributed by atoms with Gasteiger partial charge in [-0.2, -0.15) is 0 Å². The summed E-state index contributed by atoms with van der Waals surface area (Å²) in [6.07, 6.45) is 1.07. The van der Waals surface area contributed by atoms with Crippen molar-refractivity contribution in [1.82, 2.24) is 5.32 Å². The summed E-state index contributed by atoms with van der Waals surface area (Å²) >= 11 is 0. The first-order valence-electron chi connectivity index (χ1n) is 7.06. The van der Waals surface area contributed by atoms with E-state index in [9.17, 15) is 9.00 Å². The molecule has 0 fully saturated rings. The highest BCUT2D eigenvalue weighted by Gasteiger charge is 2.07. The van der Waals surface area contributed by atoms with E-state index in [1.165, 1.54) is 0 Å². The number of carbonyl (C=O) groups is 1. The number of hydrogen-bond donors (Lipinski definition) is 2. The third kappa shape index (κ3) is 5.33. The zero-order chi connectivity index (χ0) is 15.0. The van der Waals surface area contributed by atoms with E-state index in [-0.39, 0.29) is 5.91 Å². The van der Waals surface area contributed by atoms with Crippen LogP contribution in [0.1, 0.15) is 36.2 Å². The zero-order valence-corrected chi connectivity index (χ0v) is 13.3. The second-order valence-electron chi connectivity index (χ2n) is 4.65. The lowest BCUT2D eigenvalue weighted by Gasteiger charge is -2.10. The summed E-state index contributed by atoms with van der Waals surface area (Å²) < 4.78 is 11.3. The molecule has 0 bridgehead atoms. The summed E-state index contributed by atoms with van der Waals surface area (Å²) in [5, 5.41) is 6.12. The lowest BCUT2D eigenvalue weighted by Crippen LogP contribution is -2.28. The number of carbonyl (C=O) groups excluding carboxylic acids is 1. The minimum absolute atomic E-state index is 0.108. The van der Waals surface area contributed by atoms with Crippen molar-refractivity contribution in [2.75, 3.05) is 29.9 Å². The Bertz CT molecular complexity index is 475. The molecule has 0 saturated heterocycles. The summed E-state index contributed by atoms with van der Waals surface area (Å²) in [6.45, 7) is 7.36. The number of benzene rings is 1. The third-order valence-corrected chi connectivity index (χ3v) is 4.29. The van der Waals surface area contributed by atoms with E-state index in [0.29, 0.717) is 23.6 Å². The molecule has 1 atom stereocenters. The molecular weight excluding hydrogens is 272 g/mol. The van der Waals surface area contributed by atoms with Gasteiger partial charge >= 0.3 is 0 Å². The topological polar surface area (TPSA) is 58.2 Å². The first kappa shape index (κ1) is 16.7. The molecule has 4 nitrogen and oxygen atoms in total. The van der Waals surface area contributed by atoms with Crippen LogP contribution in [0, 0.1) is 6.92 Å². The van der Waals surface area contributed by atoms with Crippen LogP contribution >= 0.6 is 0 Å². The van der Waals surface area contributed by atoms with E-state index < -0.39 is 10.8 Å². The predicted molar refractivity (Wildman–Crippen MR) is 85.8 cm³/mol. The van der Waals surface area contributed by atoms with Gasteiger partial charge in [-0.15, -0.1) is 0 Å². The monoisotopic (exact) mass is 296 g/mol. The molecule has 20 heavy (non-hydrogen) atoms. The van der Waals surface area contributed by atoms with Crippen molar-refractivity contribution >= 4 is 22.4 Å². The van der Waals surface area contributed by atoms with Crippen LogP contribution in [0.5, 0.6) is 0 Å². The molecule has 0 aliphatic heterocycles. The molecule has 0 spiro atoms. The van der Waals surface area contributed by atoms with Crippen molar-refractivity contribution in [3.8, 4) is 0 Å². The normalized spacial score (nSPS) is 11.9. The Morgan fingerprint density at radius 3 is 2.60 bits per heavy atom. The van der Waals surface area contributed by atoms with Gasteiger partial charge in [0.25, 0.3) is 5.91 Å². The van der Waals surface area contributed by atoms with Gasteiger partial charge in [-0.1, -0.05) is 13.8 Å². The van der Waals surface area contributed by atoms with Gasteiger partial charge in [-0.3, -0.25) is 9.00 Å². The minimum atomic E-state index is -0.836. The highest BCUT2D eigenvalue weighted by atomic mass is 32.2. The Hall–Kier alpha value is -1.36. The number of hydrogen-bond acceptors (Lipinski definition) is 3. The molecule has 0 aromatic heterocycles. The second-order valence-corrected chi connectivity index (χ2v) is 6.51. The number of aryl methyl sites for hydroxylation is 1. The van der Waals surface area contributed by atoms with Gasteiger partial charge in [0.2, 0.25) is 0 Å². The van der Waals surface area contributed by atoms with Crippen LogP contribution in [0.2, 0.25) is 0 Å². The summed E-state index contributed by atoms with van der Waals surface area (Å²) in [5.74, 6) is 1.03. The standard InChI is InChI=1S/C15H24N2O2S/c1-4-8-16-14-7-6-13(11-12(14)3)15(18)17-9-10-20(19)5-2/h6-7,11,16H,4-5,8-10H2,1-3H3,(H,17,18). The highest BCUT2D eigenvalue weighted by molar-refractivity contribution is 7.84. The van der Waals surface area contributed by atoms with Crippen molar-refractivity contribution in [2.45, 2.75) is 27.2 Å². The first-order chi connectivity index (χ1) is 9.58. The SMILES string of the molecule is CCCNc1ccc(C(=O)NCCS(=O)CC)cc1C. The Morgan fingerprint density at radius 2 is 2.00 bits per heavy atom. The average Bonchev–Trinajstić information content (AvgIpc) is 2.45. The van der Waals surface area contributed by atoms with Crippen molar-refractivity contribution in [3.63, 3.8) is 0 Å².